The highest BCUT2D eigenvalue weighted by molar-refractivity contribution is 7.13. The summed E-state index contributed by atoms with van der Waals surface area (Å²) < 4.78 is 20.7. The number of aromatic nitrogens is 6. The van der Waals surface area contributed by atoms with Crippen LogP contribution in [0.4, 0.5) is 4.39 Å². The summed E-state index contributed by atoms with van der Waals surface area (Å²) in [6.07, 6.45) is 8.23. The van der Waals surface area contributed by atoms with Gasteiger partial charge in [-0.05, 0) is 49.3 Å². The van der Waals surface area contributed by atoms with Crippen molar-refractivity contribution < 1.29 is 19.0 Å². The second-order valence-corrected chi connectivity index (χ2v) is 9.05. The lowest BCUT2D eigenvalue weighted by molar-refractivity contribution is -0.138. The first-order valence-corrected chi connectivity index (χ1v) is 11.8. The van der Waals surface area contributed by atoms with E-state index in [1.54, 1.807) is 30.7 Å². The average molecular weight is 481 g/mol. The number of aliphatic carboxylic acids is 1. The quantitative estimate of drug-likeness (QED) is 0.393. The smallest absolute Gasteiger partial charge is 0.316 e. The van der Waals surface area contributed by atoms with Crippen molar-refractivity contribution in [3.8, 4) is 39.4 Å². The van der Waals surface area contributed by atoms with E-state index in [4.69, 9.17) is 9.84 Å². The molecule has 0 saturated heterocycles. The molecule has 1 fully saturated rings. The number of H-pyrrole nitrogens is 1. The first-order valence-electron chi connectivity index (χ1n) is 10.9. The fourth-order valence-corrected chi connectivity index (χ4v) is 4.64. The number of carboxylic acids is 1. The van der Waals surface area contributed by atoms with Crippen LogP contribution in [0, 0.1) is 11.7 Å². The number of rotatable bonds is 7. The number of hydrogen-bond donors (Lipinski definition) is 2. The van der Waals surface area contributed by atoms with Gasteiger partial charge in [0.05, 0.1) is 5.56 Å². The number of hydrogen-bond acceptors (Lipinski definition) is 8. The SMILES string of the molecule is O=C(O)C[C@H]1CC[C@H](Oc2ncc(-c3ccc(-c4nc(-c5nccs5)n[nH]4)c(F)c3)cn2)CC1. The molecule has 9 nitrogen and oxygen atoms in total. The van der Waals surface area contributed by atoms with Crippen molar-refractivity contribution in [1.29, 1.82) is 0 Å². The van der Waals surface area contributed by atoms with Crippen molar-refractivity contribution >= 4 is 17.3 Å². The molecule has 0 aliphatic heterocycles. The molecule has 3 aromatic heterocycles. The van der Waals surface area contributed by atoms with Gasteiger partial charge in [0.2, 0.25) is 5.82 Å². The van der Waals surface area contributed by atoms with E-state index in [0.717, 1.165) is 25.7 Å². The fourth-order valence-electron chi connectivity index (χ4n) is 4.07. The Morgan fingerprint density at radius 3 is 2.62 bits per heavy atom. The molecule has 4 aromatic rings. The number of carbonyl (C=O) groups is 1. The predicted molar refractivity (Wildman–Crippen MR) is 123 cm³/mol. The van der Waals surface area contributed by atoms with E-state index >= 15 is 0 Å². The van der Waals surface area contributed by atoms with E-state index in [9.17, 15) is 9.18 Å². The monoisotopic (exact) mass is 480 g/mol. The highest BCUT2D eigenvalue weighted by Crippen LogP contribution is 2.30. The molecule has 174 valence electrons. The minimum absolute atomic E-state index is 0.0243. The molecular weight excluding hydrogens is 459 g/mol. The third kappa shape index (κ3) is 4.93. The Bertz CT molecular complexity index is 1270. The molecule has 1 aliphatic rings. The lowest BCUT2D eigenvalue weighted by Gasteiger charge is -2.27. The van der Waals surface area contributed by atoms with Gasteiger partial charge in [0, 0.05) is 36.0 Å². The summed E-state index contributed by atoms with van der Waals surface area (Å²) in [7, 11) is 0. The van der Waals surface area contributed by atoms with Crippen LogP contribution in [0.3, 0.4) is 0 Å². The van der Waals surface area contributed by atoms with Gasteiger partial charge in [0.1, 0.15) is 11.9 Å². The number of carboxylic acid groups (broad SMARTS) is 1. The molecule has 2 N–H and O–H groups in total. The molecule has 1 aromatic carbocycles. The molecular formula is C23H21FN6O3S. The van der Waals surface area contributed by atoms with Crippen molar-refractivity contribution in [3.05, 3.63) is 48.0 Å². The van der Waals surface area contributed by atoms with Gasteiger partial charge in [-0.1, -0.05) is 6.07 Å². The van der Waals surface area contributed by atoms with Gasteiger partial charge >= 0.3 is 12.0 Å². The third-order valence-corrected chi connectivity index (χ3v) is 6.59. The van der Waals surface area contributed by atoms with Crippen LogP contribution in [0.25, 0.3) is 33.3 Å². The Balaban J connectivity index is 1.23. The highest BCUT2D eigenvalue weighted by atomic mass is 32.1. The molecule has 3 heterocycles. The maximum Gasteiger partial charge on any atom is 0.316 e. The summed E-state index contributed by atoms with van der Waals surface area (Å²) in [4.78, 5) is 27.9. The number of aromatic amines is 1. The average Bonchev–Trinajstić information content (AvgIpc) is 3.53. The van der Waals surface area contributed by atoms with Crippen LogP contribution < -0.4 is 4.74 Å². The number of nitrogens with one attached hydrogen (secondary N) is 1. The molecule has 5 rings (SSSR count). The Kier molecular flexibility index (Phi) is 6.26. The zero-order valence-corrected chi connectivity index (χ0v) is 18.8. The van der Waals surface area contributed by atoms with Crippen LogP contribution in [0.15, 0.2) is 42.2 Å². The van der Waals surface area contributed by atoms with E-state index in [1.165, 1.54) is 17.4 Å². The van der Waals surface area contributed by atoms with E-state index < -0.39 is 11.8 Å². The van der Waals surface area contributed by atoms with Gasteiger partial charge in [-0.3, -0.25) is 9.89 Å². The zero-order chi connectivity index (χ0) is 23.5. The second kappa shape index (κ2) is 9.64. The van der Waals surface area contributed by atoms with Crippen LogP contribution in [0.1, 0.15) is 32.1 Å². The Hall–Kier alpha value is -3.73. The lowest BCUT2D eigenvalue weighted by Crippen LogP contribution is -2.25. The van der Waals surface area contributed by atoms with Gasteiger partial charge in [-0.2, -0.15) is 5.10 Å². The van der Waals surface area contributed by atoms with Crippen LogP contribution in [-0.2, 0) is 4.79 Å². The minimum Gasteiger partial charge on any atom is -0.481 e. The summed E-state index contributed by atoms with van der Waals surface area (Å²) in [5, 5.41) is 18.3. The van der Waals surface area contributed by atoms with Gasteiger partial charge in [0.15, 0.2) is 10.8 Å². The summed E-state index contributed by atoms with van der Waals surface area (Å²) >= 11 is 1.41. The van der Waals surface area contributed by atoms with Crippen LogP contribution in [0.5, 0.6) is 6.01 Å². The van der Waals surface area contributed by atoms with Crippen molar-refractivity contribution in [2.75, 3.05) is 0 Å². The number of halogens is 1. The van der Waals surface area contributed by atoms with Crippen molar-refractivity contribution in [2.24, 2.45) is 5.92 Å². The topological polar surface area (TPSA) is 127 Å². The van der Waals surface area contributed by atoms with Gasteiger partial charge in [0.25, 0.3) is 0 Å². The maximum absolute atomic E-state index is 14.9. The number of benzene rings is 1. The molecule has 0 spiro atoms. The lowest BCUT2D eigenvalue weighted by atomic mass is 9.85. The number of thiazole rings is 1. The zero-order valence-electron chi connectivity index (χ0n) is 18.0. The van der Waals surface area contributed by atoms with E-state index in [1.807, 2.05) is 5.38 Å². The summed E-state index contributed by atoms with van der Waals surface area (Å²) in [6.45, 7) is 0. The largest absolute Gasteiger partial charge is 0.481 e. The van der Waals surface area contributed by atoms with Crippen molar-refractivity contribution in [3.63, 3.8) is 0 Å². The Morgan fingerprint density at radius 1 is 1.15 bits per heavy atom. The minimum atomic E-state index is -0.756. The maximum atomic E-state index is 14.9. The van der Waals surface area contributed by atoms with Crippen LogP contribution in [-0.4, -0.2) is 47.3 Å². The van der Waals surface area contributed by atoms with Crippen LogP contribution >= 0.6 is 11.3 Å². The van der Waals surface area contributed by atoms with E-state index in [2.05, 4.69) is 30.1 Å². The molecule has 0 radical (unpaired) electrons. The van der Waals surface area contributed by atoms with Gasteiger partial charge in [-0.15, -0.1) is 11.3 Å². The second-order valence-electron chi connectivity index (χ2n) is 8.15. The standard InChI is InChI=1S/C23H21FN6O3S/c24-18-10-14(3-6-17(18)20-28-21(30-29-20)22-25-7-8-34-22)15-11-26-23(27-12-15)33-16-4-1-13(2-5-16)9-19(31)32/h3,6-8,10-13,16H,1-2,4-5,9H2,(H,31,32)(H,28,29,30)/t13-,16-. The van der Waals surface area contributed by atoms with Crippen molar-refractivity contribution in [1.82, 2.24) is 30.1 Å². The summed E-state index contributed by atoms with van der Waals surface area (Å²) in [6, 6.07) is 5.08. The molecule has 0 amide bonds. The number of nitrogens with zero attached hydrogens (tertiary/aromatic N) is 5. The van der Waals surface area contributed by atoms with Gasteiger partial charge in [-0.25, -0.2) is 24.3 Å². The van der Waals surface area contributed by atoms with Crippen molar-refractivity contribution in [2.45, 2.75) is 38.2 Å². The molecule has 34 heavy (non-hydrogen) atoms. The Labute approximate surface area is 198 Å². The molecule has 1 saturated carbocycles. The number of ether oxygens (including phenoxy) is 1. The van der Waals surface area contributed by atoms with Gasteiger partial charge < -0.3 is 9.84 Å². The first kappa shape index (κ1) is 22.1. The molecule has 0 bridgehead atoms. The third-order valence-electron chi connectivity index (χ3n) is 5.82. The summed E-state index contributed by atoms with van der Waals surface area (Å²) in [5.41, 5.74) is 1.59. The molecule has 0 unspecified atom stereocenters. The molecule has 11 heteroatoms. The first-order chi connectivity index (χ1) is 16.5. The van der Waals surface area contributed by atoms with E-state index in [0.29, 0.717) is 33.3 Å². The molecule has 1 aliphatic carbocycles. The van der Waals surface area contributed by atoms with Crippen LogP contribution in [0.2, 0.25) is 0 Å². The normalized spacial score (nSPS) is 18.0. The highest BCUT2D eigenvalue weighted by Gasteiger charge is 2.24. The Morgan fingerprint density at radius 2 is 1.94 bits per heavy atom. The van der Waals surface area contributed by atoms with E-state index in [-0.39, 0.29) is 24.5 Å². The predicted octanol–water partition coefficient (Wildman–Crippen LogP) is 4.60. The fraction of sp³-hybridized carbons (Fsp3) is 0.304. The summed E-state index contributed by atoms with van der Waals surface area (Å²) in [5.74, 6) is -0.249. The molecule has 0 atom stereocenters.